The number of amides is 3. The minimum atomic E-state index is -3.56. The van der Waals surface area contributed by atoms with E-state index in [0.717, 1.165) is 27.8 Å². The van der Waals surface area contributed by atoms with Crippen LogP contribution in [0.3, 0.4) is 0 Å². The van der Waals surface area contributed by atoms with Crippen LogP contribution in [0.15, 0.2) is 64.4 Å². The Morgan fingerprint density at radius 2 is 1.74 bits per heavy atom. The van der Waals surface area contributed by atoms with Gasteiger partial charge in [0.25, 0.3) is 11.1 Å². The van der Waals surface area contributed by atoms with Gasteiger partial charge in [-0.05, 0) is 42.5 Å². The molecule has 1 fully saturated rings. The second kappa shape index (κ2) is 9.93. The van der Waals surface area contributed by atoms with Crippen molar-refractivity contribution in [2.24, 2.45) is 0 Å². The van der Waals surface area contributed by atoms with Crippen LogP contribution in [0.5, 0.6) is 0 Å². The van der Waals surface area contributed by atoms with Crippen LogP contribution < -0.4 is 5.32 Å². The molecule has 0 aliphatic carbocycles. The highest BCUT2D eigenvalue weighted by Crippen LogP contribution is 2.31. The molecule has 2 aromatic rings. The molecule has 7 nitrogen and oxygen atoms in total. The minimum Gasteiger partial charge on any atom is -0.354 e. The van der Waals surface area contributed by atoms with Crippen molar-refractivity contribution in [2.75, 3.05) is 18.8 Å². The summed E-state index contributed by atoms with van der Waals surface area (Å²) in [6.45, 7) is 1.94. The average Bonchev–Trinajstić information content (AvgIpc) is 3.01. The highest BCUT2D eigenvalue weighted by atomic mass is 32.2. The van der Waals surface area contributed by atoms with Gasteiger partial charge in [0, 0.05) is 19.5 Å². The van der Waals surface area contributed by atoms with Gasteiger partial charge in [-0.15, -0.1) is 0 Å². The first-order chi connectivity index (χ1) is 14.8. The van der Waals surface area contributed by atoms with Crippen molar-refractivity contribution in [3.63, 3.8) is 0 Å². The topological polar surface area (TPSA) is 101 Å². The number of hydrogen-bond donors (Lipinski definition) is 1. The number of carbonyl (C=O) groups is 3. The SMILES string of the molecule is Cc1ccc(S(=O)(=O)CCC(=O)NCCN2C(=O)SC(=Cc3ccccc3)C2=O)cc1. The average molecular weight is 459 g/mol. The Kier molecular flexibility index (Phi) is 7.29. The summed E-state index contributed by atoms with van der Waals surface area (Å²) in [6, 6.07) is 15.6. The summed E-state index contributed by atoms with van der Waals surface area (Å²) < 4.78 is 24.6. The van der Waals surface area contributed by atoms with E-state index in [1.165, 1.54) is 12.1 Å². The lowest BCUT2D eigenvalue weighted by Gasteiger charge is -2.13. The molecular weight excluding hydrogens is 436 g/mol. The van der Waals surface area contributed by atoms with E-state index >= 15 is 0 Å². The second-order valence-corrected chi connectivity index (χ2v) is 10.1. The van der Waals surface area contributed by atoms with Gasteiger partial charge in [-0.1, -0.05) is 48.0 Å². The van der Waals surface area contributed by atoms with E-state index in [2.05, 4.69) is 5.32 Å². The van der Waals surface area contributed by atoms with Gasteiger partial charge in [0.15, 0.2) is 9.84 Å². The maximum Gasteiger partial charge on any atom is 0.293 e. The molecule has 0 bridgehead atoms. The number of benzene rings is 2. The molecule has 1 aliphatic heterocycles. The molecule has 1 heterocycles. The Morgan fingerprint density at radius 1 is 1.06 bits per heavy atom. The summed E-state index contributed by atoms with van der Waals surface area (Å²) in [7, 11) is -3.56. The number of imide groups is 1. The van der Waals surface area contributed by atoms with Gasteiger partial charge < -0.3 is 5.32 Å². The summed E-state index contributed by atoms with van der Waals surface area (Å²) in [5.74, 6) is -1.18. The molecule has 1 saturated heterocycles. The first kappa shape index (κ1) is 22.8. The first-order valence-electron chi connectivity index (χ1n) is 9.63. The largest absolute Gasteiger partial charge is 0.354 e. The standard InChI is InChI=1S/C22H22N2O5S2/c1-16-7-9-18(10-8-16)31(28,29)14-11-20(25)23-12-13-24-21(26)19(30-22(24)27)15-17-5-3-2-4-6-17/h2-10,15H,11-14H2,1H3,(H,23,25). The maximum absolute atomic E-state index is 12.5. The Balaban J connectivity index is 1.48. The number of sulfone groups is 1. The Bertz CT molecular complexity index is 1110. The van der Waals surface area contributed by atoms with Gasteiger partial charge in [0.05, 0.1) is 15.6 Å². The molecule has 0 atom stereocenters. The molecule has 0 spiro atoms. The van der Waals surface area contributed by atoms with Crippen molar-refractivity contribution in [3.8, 4) is 0 Å². The van der Waals surface area contributed by atoms with Crippen molar-refractivity contribution >= 4 is 44.7 Å². The number of hydrogen-bond acceptors (Lipinski definition) is 6. The number of nitrogens with zero attached hydrogens (tertiary/aromatic N) is 1. The normalized spacial score (nSPS) is 15.5. The molecule has 162 valence electrons. The summed E-state index contributed by atoms with van der Waals surface area (Å²) in [5, 5.41) is 2.17. The Labute approximate surface area is 185 Å². The van der Waals surface area contributed by atoms with Crippen LogP contribution in [0.4, 0.5) is 4.79 Å². The van der Waals surface area contributed by atoms with Crippen LogP contribution in [0.25, 0.3) is 6.08 Å². The molecule has 1 N–H and O–H groups in total. The number of nitrogens with one attached hydrogen (secondary N) is 1. The molecule has 3 rings (SSSR count). The quantitative estimate of drug-likeness (QED) is 0.611. The highest BCUT2D eigenvalue weighted by Gasteiger charge is 2.34. The van der Waals surface area contributed by atoms with Crippen LogP contribution in [0.2, 0.25) is 0 Å². The molecule has 0 aromatic heterocycles. The Morgan fingerprint density at radius 3 is 2.42 bits per heavy atom. The molecule has 0 unspecified atom stereocenters. The number of rotatable bonds is 8. The fourth-order valence-electron chi connectivity index (χ4n) is 2.88. The zero-order valence-corrected chi connectivity index (χ0v) is 18.5. The van der Waals surface area contributed by atoms with E-state index in [4.69, 9.17) is 0 Å². The van der Waals surface area contributed by atoms with E-state index in [-0.39, 0.29) is 30.2 Å². The monoisotopic (exact) mass is 458 g/mol. The molecular formula is C22H22N2O5S2. The molecule has 31 heavy (non-hydrogen) atoms. The number of thioether (sulfide) groups is 1. The molecule has 0 radical (unpaired) electrons. The summed E-state index contributed by atoms with van der Waals surface area (Å²) in [4.78, 5) is 38.2. The van der Waals surface area contributed by atoms with Crippen LogP contribution in [-0.2, 0) is 19.4 Å². The molecule has 3 amide bonds. The lowest BCUT2D eigenvalue weighted by molar-refractivity contribution is -0.124. The molecule has 0 saturated carbocycles. The van der Waals surface area contributed by atoms with E-state index in [0.29, 0.717) is 4.91 Å². The van der Waals surface area contributed by atoms with Crippen molar-refractivity contribution in [2.45, 2.75) is 18.2 Å². The van der Waals surface area contributed by atoms with Crippen LogP contribution in [0.1, 0.15) is 17.5 Å². The van der Waals surface area contributed by atoms with Gasteiger partial charge in [-0.3, -0.25) is 19.3 Å². The smallest absolute Gasteiger partial charge is 0.293 e. The van der Waals surface area contributed by atoms with Crippen molar-refractivity contribution < 1.29 is 22.8 Å². The van der Waals surface area contributed by atoms with Crippen LogP contribution in [-0.4, -0.2) is 49.2 Å². The van der Waals surface area contributed by atoms with Gasteiger partial charge in [0.1, 0.15) is 0 Å². The third kappa shape index (κ3) is 6.05. The van der Waals surface area contributed by atoms with Crippen LogP contribution >= 0.6 is 11.8 Å². The van der Waals surface area contributed by atoms with E-state index < -0.39 is 26.9 Å². The summed E-state index contributed by atoms with van der Waals surface area (Å²) >= 11 is 0.854. The van der Waals surface area contributed by atoms with Crippen LogP contribution in [0, 0.1) is 6.92 Å². The van der Waals surface area contributed by atoms with E-state index in [9.17, 15) is 22.8 Å². The van der Waals surface area contributed by atoms with Gasteiger partial charge in [0.2, 0.25) is 5.91 Å². The van der Waals surface area contributed by atoms with Gasteiger partial charge in [-0.2, -0.15) is 0 Å². The zero-order valence-electron chi connectivity index (χ0n) is 16.9. The van der Waals surface area contributed by atoms with Gasteiger partial charge in [-0.25, -0.2) is 8.42 Å². The minimum absolute atomic E-state index is 0.0211. The number of aryl methyl sites for hydroxylation is 1. The van der Waals surface area contributed by atoms with Crippen molar-refractivity contribution in [1.82, 2.24) is 10.2 Å². The molecule has 2 aromatic carbocycles. The van der Waals surface area contributed by atoms with E-state index in [1.807, 2.05) is 37.3 Å². The fraction of sp³-hybridized carbons (Fsp3) is 0.227. The van der Waals surface area contributed by atoms with Gasteiger partial charge >= 0.3 is 0 Å². The predicted octanol–water partition coefficient (Wildman–Crippen LogP) is 3.01. The summed E-state index contributed by atoms with van der Waals surface area (Å²) in [5.41, 5.74) is 1.76. The van der Waals surface area contributed by atoms with Crippen molar-refractivity contribution in [3.05, 3.63) is 70.6 Å². The lowest BCUT2D eigenvalue weighted by atomic mass is 10.2. The first-order valence-corrected chi connectivity index (χ1v) is 12.1. The zero-order chi connectivity index (χ0) is 22.4. The highest BCUT2D eigenvalue weighted by molar-refractivity contribution is 8.18. The van der Waals surface area contributed by atoms with Crippen molar-refractivity contribution in [1.29, 1.82) is 0 Å². The fourth-order valence-corrected chi connectivity index (χ4v) is 4.99. The molecule has 9 heteroatoms. The second-order valence-electron chi connectivity index (χ2n) is 6.98. The third-order valence-electron chi connectivity index (χ3n) is 4.61. The predicted molar refractivity (Wildman–Crippen MR) is 120 cm³/mol. The van der Waals surface area contributed by atoms with E-state index in [1.54, 1.807) is 18.2 Å². The summed E-state index contributed by atoms with van der Waals surface area (Å²) in [6.07, 6.45) is 1.45. The number of carbonyl (C=O) groups excluding carboxylic acids is 3. The maximum atomic E-state index is 12.5. The third-order valence-corrected chi connectivity index (χ3v) is 7.25. The molecule has 1 aliphatic rings. The lowest BCUT2D eigenvalue weighted by Crippen LogP contribution is -2.37. The Hall–Kier alpha value is -2.91.